The van der Waals surface area contributed by atoms with Crippen LogP contribution in [0.15, 0.2) is 99.6 Å². The first-order chi connectivity index (χ1) is 24.8. The van der Waals surface area contributed by atoms with Crippen molar-refractivity contribution < 1.29 is 33.2 Å². The molecule has 0 spiro atoms. The van der Waals surface area contributed by atoms with Gasteiger partial charge in [0.15, 0.2) is 33.9 Å². The summed E-state index contributed by atoms with van der Waals surface area (Å²) in [6.07, 6.45) is 3.85. The summed E-state index contributed by atoms with van der Waals surface area (Å²) in [5, 5.41) is 0. The van der Waals surface area contributed by atoms with Gasteiger partial charge in [-0.15, -0.1) is 0 Å². The summed E-state index contributed by atoms with van der Waals surface area (Å²) in [7, 11) is -0.263. The van der Waals surface area contributed by atoms with Crippen LogP contribution < -0.4 is 4.74 Å². The fraction of sp³-hybridized carbons (Fsp3) is 0.568. The van der Waals surface area contributed by atoms with Crippen molar-refractivity contribution in [2.24, 2.45) is 17.8 Å². The normalized spacial score (nSPS) is 26.4. The van der Waals surface area contributed by atoms with Gasteiger partial charge in [-0.3, -0.25) is 0 Å². The van der Waals surface area contributed by atoms with Crippen LogP contribution in [0.5, 0.6) is 5.75 Å². The maximum atomic E-state index is 13.7. The highest BCUT2D eigenvalue weighted by Crippen LogP contribution is 2.64. The van der Waals surface area contributed by atoms with Gasteiger partial charge in [-0.05, 0) is 101 Å². The standard InChI is InChI=1S/C44H59O7S/c1-30(2)40(47-32(5)6)50-43-24-34-23-42(27-43,28-44(25-34,29-43)51-41(31(3)4)48-33(7)8)49-39(45)26-46-35-19-21-38(22-20-35)52(36-15-11-9-12-16-36)37-17-13-10-14-18-37/h9-22,30-34,40-41H,23-29H2,1-8H3/q+1. The second-order valence-electron chi connectivity index (χ2n) is 16.6. The van der Waals surface area contributed by atoms with E-state index in [0.717, 1.165) is 25.7 Å². The summed E-state index contributed by atoms with van der Waals surface area (Å²) in [5.41, 5.74) is -1.79. The van der Waals surface area contributed by atoms with Gasteiger partial charge in [0.2, 0.25) is 0 Å². The van der Waals surface area contributed by atoms with E-state index in [0.29, 0.717) is 24.5 Å². The highest BCUT2D eigenvalue weighted by Gasteiger charge is 2.67. The van der Waals surface area contributed by atoms with Crippen molar-refractivity contribution in [3.8, 4) is 5.75 Å². The van der Waals surface area contributed by atoms with Gasteiger partial charge in [0.25, 0.3) is 0 Å². The summed E-state index contributed by atoms with van der Waals surface area (Å²) < 4.78 is 39.3. The summed E-state index contributed by atoms with van der Waals surface area (Å²) in [6.45, 7) is 16.5. The molecular weight excluding hydrogens is 673 g/mol. The Bertz CT molecular complexity index is 1510. The van der Waals surface area contributed by atoms with Crippen molar-refractivity contribution in [3.05, 3.63) is 84.9 Å². The molecular formula is C44H59O7S+. The van der Waals surface area contributed by atoms with Crippen LogP contribution in [0, 0.1) is 17.8 Å². The molecule has 282 valence electrons. The Labute approximate surface area is 314 Å². The molecule has 0 N–H and O–H groups in total. The zero-order valence-corrected chi connectivity index (χ0v) is 33.2. The third-order valence-corrected chi connectivity index (χ3v) is 12.5. The fourth-order valence-corrected chi connectivity index (χ4v) is 10.9. The number of hydrogen-bond donors (Lipinski definition) is 0. The van der Waals surface area contributed by atoms with Gasteiger partial charge >= 0.3 is 5.97 Å². The van der Waals surface area contributed by atoms with Crippen molar-refractivity contribution in [2.45, 2.75) is 150 Å². The number of esters is 1. The van der Waals surface area contributed by atoms with Gasteiger partial charge in [0, 0.05) is 31.1 Å². The number of ether oxygens (including phenoxy) is 6. The summed E-state index contributed by atoms with van der Waals surface area (Å²) in [5.74, 6) is 0.872. The van der Waals surface area contributed by atoms with E-state index >= 15 is 0 Å². The monoisotopic (exact) mass is 731 g/mol. The highest BCUT2D eigenvalue weighted by molar-refractivity contribution is 7.97. The van der Waals surface area contributed by atoms with E-state index in [4.69, 9.17) is 28.4 Å². The molecule has 4 aliphatic carbocycles. The Hall–Kier alpha value is -2.88. The Balaban J connectivity index is 1.19. The molecule has 4 saturated carbocycles. The molecule has 4 unspecified atom stereocenters. The molecule has 0 aliphatic heterocycles. The van der Waals surface area contributed by atoms with E-state index in [-0.39, 0.29) is 60.1 Å². The first kappa shape index (κ1) is 38.8. The lowest BCUT2D eigenvalue weighted by Gasteiger charge is -2.65. The van der Waals surface area contributed by atoms with Crippen molar-refractivity contribution >= 4 is 16.9 Å². The van der Waals surface area contributed by atoms with Crippen molar-refractivity contribution in [2.75, 3.05) is 6.61 Å². The molecule has 0 heterocycles. The first-order valence-corrected chi connectivity index (χ1v) is 20.5. The van der Waals surface area contributed by atoms with Gasteiger partial charge in [-0.1, -0.05) is 64.1 Å². The second kappa shape index (κ2) is 16.2. The molecule has 7 rings (SSSR count). The predicted octanol–water partition coefficient (Wildman–Crippen LogP) is 9.77. The molecule has 4 bridgehead atoms. The quantitative estimate of drug-likeness (QED) is 0.0778. The number of rotatable bonds is 17. The number of hydrogen-bond acceptors (Lipinski definition) is 7. The zero-order valence-electron chi connectivity index (χ0n) is 32.3. The maximum Gasteiger partial charge on any atom is 0.344 e. The van der Waals surface area contributed by atoms with Crippen LogP contribution in [0.1, 0.15) is 93.9 Å². The lowest BCUT2D eigenvalue weighted by Crippen LogP contribution is -2.69. The van der Waals surface area contributed by atoms with Gasteiger partial charge < -0.3 is 28.4 Å². The van der Waals surface area contributed by atoms with Gasteiger partial charge in [0.05, 0.1) is 34.3 Å². The summed E-state index contributed by atoms with van der Waals surface area (Å²) >= 11 is 0. The van der Waals surface area contributed by atoms with Gasteiger partial charge in [-0.2, -0.15) is 0 Å². The van der Waals surface area contributed by atoms with Gasteiger partial charge in [-0.25, -0.2) is 4.79 Å². The minimum atomic E-state index is -0.720. The third-order valence-electron chi connectivity index (χ3n) is 10.3. The average molecular weight is 732 g/mol. The van der Waals surface area contributed by atoms with Crippen LogP contribution in [0.2, 0.25) is 0 Å². The van der Waals surface area contributed by atoms with E-state index < -0.39 is 16.8 Å². The van der Waals surface area contributed by atoms with Gasteiger partial charge in [0.1, 0.15) is 11.4 Å². The Morgan fingerprint density at radius 1 is 0.615 bits per heavy atom. The minimum Gasteiger partial charge on any atom is -0.482 e. The predicted molar refractivity (Wildman–Crippen MR) is 204 cm³/mol. The molecule has 4 atom stereocenters. The average Bonchev–Trinajstić information content (AvgIpc) is 3.07. The van der Waals surface area contributed by atoms with Crippen LogP contribution in [-0.4, -0.2) is 54.2 Å². The molecule has 0 aromatic heterocycles. The fourth-order valence-electron chi connectivity index (χ4n) is 8.83. The van der Waals surface area contributed by atoms with Crippen LogP contribution in [-0.2, 0) is 39.4 Å². The molecule has 7 nitrogen and oxygen atoms in total. The molecule has 0 amide bonds. The number of carbonyl (C=O) groups is 1. The van der Waals surface area contributed by atoms with E-state index in [1.54, 1.807) is 0 Å². The maximum absolute atomic E-state index is 13.7. The zero-order chi connectivity index (χ0) is 37.1. The number of carbonyl (C=O) groups excluding carboxylic acids is 1. The van der Waals surface area contributed by atoms with Crippen LogP contribution >= 0.6 is 0 Å². The molecule has 0 saturated heterocycles. The van der Waals surface area contributed by atoms with Crippen molar-refractivity contribution in [1.29, 1.82) is 0 Å². The smallest absolute Gasteiger partial charge is 0.344 e. The van der Waals surface area contributed by atoms with E-state index in [1.165, 1.54) is 14.7 Å². The van der Waals surface area contributed by atoms with E-state index in [9.17, 15) is 4.79 Å². The van der Waals surface area contributed by atoms with Crippen LogP contribution in [0.25, 0.3) is 0 Å². The Morgan fingerprint density at radius 3 is 1.48 bits per heavy atom. The van der Waals surface area contributed by atoms with E-state index in [1.807, 2.05) is 52.0 Å². The molecule has 0 radical (unpaired) electrons. The number of benzene rings is 3. The van der Waals surface area contributed by atoms with E-state index in [2.05, 4.69) is 88.4 Å². The molecule has 4 aliphatic rings. The molecule has 52 heavy (non-hydrogen) atoms. The highest BCUT2D eigenvalue weighted by atomic mass is 32.2. The molecule has 4 fully saturated rings. The Kier molecular flexibility index (Phi) is 12.1. The lowest BCUT2D eigenvalue weighted by atomic mass is 9.50. The lowest BCUT2D eigenvalue weighted by molar-refractivity contribution is -0.350. The SMILES string of the molecule is CC(C)OC(OC12CC3CC(OC(=O)COc4ccc([S+](c5ccccc5)c5ccccc5)cc4)(C1)CC(OC(OC(C)C)C(C)C)(C3)C2)C(C)C. The largest absolute Gasteiger partial charge is 0.482 e. The van der Waals surface area contributed by atoms with Crippen molar-refractivity contribution in [1.82, 2.24) is 0 Å². The summed E-state index contributed by atoms with van der Waals surface area (Å²) in [6, 6.07) is 29.2. The van der Waals surface area contributed by atoms with Crippen LogP contribution in [0.4, 0.5) is 0 Å². The Morgan fingerprint density at radius 2 is 1.04 bits per heavy atom. The van der Waals surface area contributed by atoms with Crippen molar-refractivity contribution in [3.63, 3.8) is 0 Å². The first-order valence-electron chi connectivity index (χ1n) is 19.2. The minimum absolute atomic E-state index is 0.0253. The molecule has 3 aromatic carbocycles. The molecule has 3 aromatic rings. The van der Waals surface area contributed by atoms with Crippen LogP contribution in [0.3, 0.4) is 0 Å². The molecule has 8 heteroatoms. The third kappa shape index (κ3) is 9.25. The summed E-state index contributed by atoms with van der Waals surface area (Å²) in [4.78, 5) is 17.4. The topological polar surface area (TPSA) is 72.5 Å². The second-order valence-corrected chi connectivity index (χ2v) is 18.6.